The molecule has 1 aromatic rings. The van der Waals surface area contributed by atoms with E-state index in [0.29, 0.717) is 0 Å². The van der Waals surface area contributed by atoms with Crippen LogP contribution in [0.4, 0.5) is 0 Å². The average Bonchev–Trinajstić information content (AvgIpc) is 1.59. The standard InChI is InChI=1S/C3H3N3O3.K.H2O/c7-1-4-2(8)6-3(9)5-1;;/h(H3,4,5,6,7,8,9);;1H2/q;+1;/p-1. The third kappa shape index (κ3) is 4.45. The molecule has 0 saturated heterocycles. The van der Waals surface area contributed by atoms with Gasteiger partial charge in [0.15, 0.2) is 0 Å². The van der Waals surface area contributed by atoms with Gasteiger partial charge < -0.3 is 20.8 Å². The van der Waals surface area contributed by atoms with Crippen LogP contribution in [0.2, 0.25) is 0 Å². The van der Waals surface area contributed by atoms with Gasteiger partial charge in [-0.1, -0.05) is 0 Å². The first-order valence-corrected chi connectivity index (χ1v) is 1.99. The van der Waals surface area contributed by atoms with Crippen molar-refractivity contribution in [2.75, 3.05) is 0 Å². The summed E-state index contributed by atoms with van der Waals surface area (Å²) in [5.74, 6) is 0. The molecule has 0 radical (unpaired) electrons. The summed E-state index contributed by atoms with van der Waals surface area (Å²) in [4.78, 5) is 8.63. The van der Waals surface area contributed by atoms with Gasteiger partial charge in [0, 0.05) is 0 Å². The summed E-state index contributed by atoms with van der Waals surface area (Å²) in [6.07, 6.45) is 0. The van der Waals surface area contributed by atoms with Crippen LogP contribution in [0.25, 0.3) is 0 Å². The predicted octanol–water partition coefficient (Wildman–Crippen LogP) is -5.46. The molecule has 0 saturated carbocycles. The van der Waals surface area contributed by atoms with Crippen molar-refractivity contribution in [3.05, 3.63) is 0 Å². The van der Waals surface area contributed by atoms with Crippen molar-refractivity contribution in [1.82, 2.24) is 15.0 Å². The summed E-state index contributed by atoms with van der Waals surface area (Å²) < 4.78 is 0. The van der Waals surface area contributed by atoms with E-state index in [4.69, 9.17) is 10.2 Å². The molecule has 1 aromatic heterocycles. The molecule has 0 spiro atoms. The van der Waals surface area contributed by atoms with Crippen LogP contribution < -0.4 is 56.5 Å². The molecule has 1 heterocycles. The van der Waals surface area contributed by atoms with E-state index in [1.165, 1.54) is 0 Å². The Hall–Kier alpha value is 0.00636. The van der Waals surface area contributed by atoms with E-state index >= 15 is 0 Å². The molecule has 8 heteroatoms. The van der Waals surface area contributed by atoms with E-state index in [9.17, 15) is 5.11 Å². The molecule has 11 heavy (non-hydrogen) atoms. The van der Waals surface area contributed by atoms with Crippen molar-refractivity contribution < 1.29 is 72.2 Å². The van der Waals surface area contributed by atoms with Gasteiger partial charge in [0.2, 0.25) is 0 Å². The Kier molecular flexibility index (Phi) is 6.95. The van der Waals surface area contributed by atoms with Crippen LogP contribution in [-0.2, 0) is 0 Å². The SMILES string of the molecule is O.[K+].[O-]c1nc(O)nc(O)n1. The van der Waals surface area contributed by atoms with E-state index in [1.54, 1.807) is 0 Å². The third-order valence-electron chi connectivity index (χ3n) is 0.591. The fourth-order valence-electron chi connectivity index (χ4n) is 0.336. The smallest absolute Gasteiger partial charge is 0.844 e. The summed E-state index contributed by atoms with van der Waals surface area (Å²) >= 11 is 0. The number of aromatic hydroxyl groups is 2. The quantitative estimate of drug-likeness (QED) is 0.387. The van der Waals surface area contributed by atoms with E-state index in [1.807, 2.05) is 0 Å². The van der Waals surface area contributed by atoms with Crippen molar-refractivity contribution >= 4 is 0 Å². The van der Waals surface area contributed by atoms with Crippen LogP contribution in [-0.4, -0.2) is 30.6 Å². The number of hydrogen-bond acceptors (Lipinski definition) is 6. The van der Waals surface area contributed by atoms with Crippen LogP contribution in [0, 0.1) is 0 Å². The van der Waals surface area contributed by atoms with E-state index in [-0.39, 0.29) is 56.9 Å². The van der Waals surface area contributed by atoms with Crippen molar-refractivity contribution in [2.24, 2.45) is 0 Å². The average molecular weight is 185 g/mol. The molecule has 0 atom stereocenters. The molecule has 0 amide bonds. The van der Waals surface area contributed by atoms with E-state index in [2.05, 4.69) is 15.0 Å². The predicted molar refractivity (Wildman–Crippen MR) is 26.2 cm³/mol. The Balaban J connectivity index is 0. The van der Waals surface area contributed by atoms with Gasteiger partial charge in [-0.05, 0) is 0 Å². The summed E-state index contributed by atoms with van der Waals surface area (Å²) in [5.41, 5.74) is 0. The van der Waals surface area contributed by atoms with Crippen LogP contribution in [0.1, 0.15) is 0 Å². The summed E-state index contributed by atoms with van der Waals surface area (Å²) in [6, 6.07) is -2.50. The second-order valence-corrected chi connectivity index (χ2v) is 1.22. The topological polar surface area (TPSA) is 134 Å². The Labute approximate surface area is 104 Å². The van der Waals surface area contributed by atoms with Crippen molar-refractivity contribution in [3.8, 4) is 18.0 Å². The summed E-state index contributed by atoms with van der Waals surface area (Å²) in [6.45, 7) is 0. The fraction of sp³-hybridized carbons (Fsp3) is 0. The first-order valence-electron chi connectivity index (χ1n) is 1.99. The van der Waals surface area contributed by atoms with Gasteiger partial charge in [-0.3, -0.25) is 0 Å². The molecule has 0 bridgehead atoms. The maximum absolute atomic E-state index is 10.1. The Morgan fingerprint density at radius 1 is 1.00 bits per heavy atom. The maximum atomic E-state index is 10.1. The zero-order chi connectivity index (χ0) is 6.85. The summed E-state index contributed by atoms with van der Waals surface area (Å²) in [5, 5.41) is 26.9. The Morgan fingerprint density at radius 3 is 1.64 bits per heavy atom. The molecule has 4 N–H and O–H groups in total. The third-order valence-corrected chi connectivity index (χ3v) is 0.591. The first kappa shape index (κ1) is 13.6. The Morgan fingerprint density at radius 2 is 1.36 bits per heavy atom. The zero-order valence-corrected chi connectivity index (χ0v) is 8.77. The second-order valence-electron chi connectivity index (χ2n) is 1.22. The number of aromatic nitrogens is 3. The van der Waals surface area contributed by atoms with E-state index in [0.717, 1.165) is 0 Å². The Bertz CT molecular complexity index is 181. The van der Waals surface area contributed by atoms with Crippen LogP contribution in [0.3, 0.4) is 0 Å². The molecule has 0 aliphatic carbocycles. The molecule has 0 unspecified atom stereocenters. The minimum atomic E-state index is -0.958. The van der Waals surface area contributed by atoms with Gasteiger partial charge in [0.25, 0.3) is 0 Å². The molecule has 0 aliphatic rings. The minimum absolute atomic E-state index is 0. The largest absolute Gasteiger partial charge is 1.00 e. The second kappa shape index (κ2) is 5.63. The number of hydrogen-bond donors (Lipinski definition) is 2. The first-order chi connectivity index (χ1) is 4.18. The zero-order valence-electron chi connectivity index (χ0n) is 5.64. The summed E-state index contributed by atoms with van der Waals surface area (Å²) in [7, 11) is 0. The molecule has 1 rings (SSSR count). The number of rotatable bonds is 0. The van der Waals surface area contributed by atoms with Crippen molar-refractivity contribution in [2.45, 2.75) is 0 Å². The minimum Gasteiger partial charge on any atom is -0.844 e. The van der Waals surface area contributed by atoms with Gasteiger partial charge >= 0.3 is 63.4 Å². The fourth-order valence-corrected chi connectivity index (χ4v) is 0.336. The molecule has 7 nitrogen and oxygen atoms in total. The van der Waals surface area contributed by atoms with Crippen LogP contribution >= 0.6 is 0 Å². The monoisotopic (exact) mass is 185 g/mol. The van der Waals surface area contributed by atoms with Gasteiger partial charge in [-0.15, -0.1) is 4.98 Å². The maximum Gasteiger partial charge on any atom is 1.00 e. The van der Waals surface area contributed by atoms with Gasteiger partial charge in [-0.2, -0.15) is 9.97 Å². The molecular formula is C3H4KN3O4. The molecule has 0 aromatic carbocycles. The van der Waals surface area contributed by atoms with Gasteiger partial charge in [0.1, 0.15) is 0 Å². The normalized spacial score (nSPS) is 7.64. The van der Waals surface area contributed by atoms with Gasteiger partial charge in [0.05, 0.1) is 6.01 Å². The van der Waals surface area contributed by atoms with Crippen LogP contribution in [0.5, 0.6) is 18.0 Å². The molecule has 0 fully saturated rings. The van der Waals surface area contributed by atoms with Crippen molar-refractivity contribution in [3.63, 3.8) is 0 Å². The van der Waals surface area contributed by atoms with Crippen molar-refractivity contribution in [1.29, 1.82) is 0 Å². The van der Waals surface area contributed by atoms with Crippen LogP contribution in [0.15, 0.2) is 0 Å². The number of nitrogens with zero attached hydrogens (tertiary/aromatic N) is 3. The molecule has 0 aliphatic heterocycles. The van der Waals surface area contributed by atoms with E-state index < -0.39 is 18.0 Å². The molecular weight excluding hydrogens is 181 g/mol. The molecule has 56 valence electrons. The van der Waals surface area contributed by atoms with Gasteiger partial charge in [-0.25, -0.2) is 0 Å².